The van der Waals surface area contributed by atoms with Gasteiger partial charge in [0.15, 0.2) is 6.61 Å². The molecule has 0 spiro atoms. The summed E-state index contributed by atoms with van der Waals surface area (Å²) < 4.78 is 38.3. The summed E-state index contributed by atoms with van der Waals surface area (Å²) in [5, 5.41) is 4.00. The molecule has 25 heavy (non-hydrogen) atoms. The number of carbonyl (C=O) groups excluding carboxylic acids is 2. The van der Waals surface area contributed by atoms with Gasteiger partial charge in [-0.3, -0.25) is 9.48 Å². The van der Waals surface area contributed by atoms with Crippen LogP contribution in [0.15, 0.2) is 53.2 Å². The molecule has 0 saturated carbocycles. The Hall–Kier alpha value is -3.29. The molecule has 0 unspecified atom stereocenters. The van der Waals surface area contributed by atoms with Gasteiger partial charge >= 0.3 is 5.97 Å². The van der Waals surface area contributed by atoms with Crippen molar-refractivity contribution in [3.63, 3.8) is 0 Å². The maximum absolute atomic E-state index is 13.5. The zero-order valence-electron chi connectivity index (χ0n) is 12.8. The molecule has 0 radical (unpaired) electrons. The summed E-state index contributed by atoms with van der Waals surface area (Å²) >= 11 is 0. The van der Waals surface area contributed by atoms with E-state index in [2.05, 4.69) is 5.10 Å². The Labute approximate surface area is 140 Å². The minimum Gasteiger partial charge on any atom is -0.452 e. The third-order valence-corrected chi connectivity index (χ3v) is 3.30. The number of ether oxygens (including phenoxy) is 1. The summed E-state index contributed by atoms with van der Waals surface area (Å²) in [6.07, 6.45) is 3.34. The lowest BCUT2D eigenvalue weighted by atomic mass is 10.1. The van der Waals surface area contributed by atoms with Gasteiger partial charge in [0.2, 0.25) is 11.5 Å². The van der Waals surface area contributed by atoms with E-state index in [9.17, 15) is 18.4 Å². The van der Waals surface area contributed by atoms with E-state index < -0.39 is 35.6 Å². The molecule has 0 bridgehead atoms. The third kappa shape index (κ3) is 3.97. The van der Waals surface area contributed by atoms with Crippen LogP contribution in [0.1, 0.15) is 26.7 Å². The summed E-state index contributed by atoms with van der Waals surface area (Å²) in [4.78, 5) is 23.7. The fourth-order valence-electron chi connectivity index (χ4n) is 2.12. The number of nitrogens with zero attached hydrogens (tertiary/aromatic N) is 2. The first-order chi connectivity index (χ1) is 12.0. The fraction of sp³-hybridized carbons (Fsp3) is 0.118. The van der Waals surface area contributed by atoms with Gasteiger partial charge in [-0.2, -0.15) is 5.10 Å². The SMILES string of the molecule is O=C(OCC(=O)c1cc(F)ccc1F)c1ccc(Cn2cccn2)o1. The van der Waals surface area contributed by atoms with Gasteiger partial charge in [0.05, 0.1) is 12.1 Å². The second-order valence-corrected chi connectivity index (χ2v) is 5.09. The van der Waals surface area contributed by atoms with E-state index in [0.29, 0.717) is 12.3 Å². The summed E-state index contributed by atoms with van der Waals surface area (Å²) in [5.74, 6) is -3.01. The largest absolute Gasteiger partial charge is 0.452 e. The van der Waals surface area contributed by atoms with Crippen molar-refractivity contribution in [2.75, 3.05) is 6.61 Å². The lowest BCUT2D eigenvalue weighted by Crippen LogP contribution is -2.15. The van der Waals surface area contributed by atoms with E-state index in [0.717, 1.165) is 18.2 Å². The Bertz CT molecular complexity index is 903. The number of carbonyl (C=O) groups is 2. The van der Waals surface area contributed by atoms with Gasteiger partial charge in [0, 0.05) is 12.4 Å². The fourth-order valence-corrected chi connectivity index (χ4v) is 2.12. The molecule has 3 aromatic rings. The number of hydrogen-bond donors (Lipinski definition) is 0. The Morgan fingerprint density at radius 1 is 1.20 bits per heavy atom. The molecule has 3 rings (SSSR count). The average Bonchev–Trinajstić information content (AvgIpc) is 3.27. The summed E-state index contributed by atoms with van der Waals surface area (Å²) in [5.41, 5.74) is -0.480. The molecular formula is C17H12F2N2O4. The molecule has 0 aliphatic rings. The normalized spacial score (nSPS) is 10.6. The van der Waals surface area contributed by atoms with Crippen molar-refractivity contribution in [3.8, 4) is 0 Å². The number of halogens is 2. The second kappa shape index (κ2) is 7.08. The standard InChI is InChI=1S/C17H12F2N2O4/c18-11-2-4-14(19)13(8-11)15(22)10-24-17(23)16-5-3-12(25-16)9-21-7-1-6-20-21/h1-8H,9-10H2. The van der Waals surface area contributed by atoms with Gasteiger partial charge in [-0.25, -0.2) is 13.6 Å². The van der Waals surface area contributed by atoms with Gasteiger partial charge < -0.3 is 9.15 Å². The van der Waals surface area contributed by atoms with E-state index in [4.69, 9.17) is 9.15 Å². The molecule has 0 aliphatic carbocycles. The highest BCUT2D eigenvalue weighted by Gasteiger charge is 2.18. The lowest BCUT2D eigenvalue weighted by Gasteiger charge is -2.04. The minimum absolute atomic E-state index is 0.102. The van der Waals surface area contributed by atoms with Gasteiger partial charge in [-0.1, -0.05) is 0 Å². The van der Waals surface area contributed by atoms with Crippen LogP contribution in [0.2, 0.25) is 0 Å². The van der Waals surface area contributed by atoms with E-state index in [1.54, 1.807) is 29.2 Å². The maximum Gasteiger partial charge on any atom is 0.374 e. The number of rotatable bonds is 6. The Morgan fingerprint density at radius 2 is 2.04 bits per heavy atom. The van der Waals surface area contributed by atoms with Crippen LogP contribution in [-0.2, 0) is 11.3 Å². The highest BCUT2D eigenvalue weighted by molar-refractivity contribution is 5.99. The van der Waals surface area contributed by atoms with Gasteiger partial charge in [-0.05, 0) is 36.4 Å². The van der Waals surface area contributed by atoms with Crippen LogP contribution in [-0.4, -0.2) is 28.1 Å². The molecule has 2 aromatic heterocycles. The van der Waals surface area contributed by atoms with Crippen LogP contribution < -0.4 is 0 Å². The molecule has 8 heteroatoms. The monoisotopic (exact) mass is 346 g/mol. The number of esters is 1. The molecule has 2 heterocycles. The quantitative estimate of drug-likeness (QED) is 0.507. The summed E-state index contributed by atoms with van der Waals surface area (Å²) in [6.45, 7) is -0.401. The molecule has 0 saturated heterocycles. The topological polar surface area (TPSA) is 74.3 Å². The van der Waals surface area contributed by atoms with Gasteiger partial charge in [0.25, 0.3) is 0 Å². The van der Waals surface area contributed by atoms with Crippen molar-refractivity contribution in [2.24, 2.45) is 0 Å². The van der Waals surface area contributed by atoms with E-state index in [1.165, 1.54) is 6.07 Å². The van der Waals surface area contributed by atoms with Crippen molar-refractivity contribution in [1.82, 2.24) is 9.78 Å². The predicted octanol–water partition coefficient (Wildman–Crippen LogP) is 2.84. The van der Waals surface area contributed by atoms with Crippen molar-refractivity contribution >= 4 is 11.8 Å². The first kappa shape index (κ1) is 16.6. The number of Topliss-reactive ketones (excluding diaryl/α,β-unsaturated/α-hetero) is 1. The molecule has 6 nitrogen and oxygen atoms in total. The summed E-state index contributed by atoms with van der Waals surface area (Å²) in [6, 6.07) is 7.19. The van der Waals surface area contributed by atoms with Crippen LogP contribution in [0.25, 0.3) is 0 Å². The van der Waals surface area contributed by atoms with Crippen LogP contribution in [0.5, 0.6) is 0 Å². The van der Waals surface area contributed by atoms with Gasteiger partial charge in [0.1, 0.15) is 17.4 Å². The van der Waals surface area contributed by atoms with Crippen LogP contribution in [0, 0.1) is 11.6 Å². The molecule has 0 atom stereocenters. The molecule has 0 amide bonds. The second-order valence-electron chi connectivity index (χ2n) is 5.09. The highest BCUT2D eigenvalue weighted by Crippen LogP contribution is 2.13. The first-order valence-electron chi connectivity index (χ1n) is 7.24. The van der Waals surface area contributed by atoms with E-state index in [1.807, 2.05) is 0 Å². The molecule has 0 fully saturated rings. The molecule has 0 N–H and O–H groups in total. The van der Waals surface area contributed by atoms with Crippen molar-refractivity contribution in [2.45, 2.75) is 6.54 Å². The van der Waals surface area contributed by atoms with Crippen LogP contribution in [0.3, 0.4) is 0 Å². The average molecular weight is 346 g/mol. The summed E-state index contributed by atoms with van der Waals surface area (Å²) in [7, 11) is 0. The first-order valence-corrected chi connectivity index (χ1v) is 7.24. The third-order valence-electron chi connectivity index (χ3n) is 3.30. The number of hydrogen-bond acceptors (Lipinski definition) is 5. The molecule has 0 aliphatic heterocycles. The van der Waals surface area contributed by atoms with Crippen LogP contribution >= 0.6 is 0 Å². The number of benzene rings is 1. The highest BCUT2D eigenvalue weighted by atomic mass is 19.1. The Kier molecular flexibility index (Phi) is 4.69. The minimum atomic E-state index is -0.887. The van der Waals surface area contributed by atoms with Gasteiger partial charge in [-0.15, -0.1) is 0 Å². The van der Waals surface area contributed by atoms with Crippen molar-refractivity contribution in [3.05, 3.63) is 77.5 Å². The molecule has 128 valence electrons. The predicted molar refractivity (Wildman–Crippen MR) is 81.0 cm³/mol. The molecule has 1 aromatic carbocycles. The zero-order valence-corrected chi connectivity index (χ0v) is 12.8. The number of ketones is 1. The number of furan rings is 1. The maximum atomic E-state index is 13.5. The smallest absolute Gasteiger partial charge is 0.374 e. The van der Waals surface area contributed by atoms with Crippen molar-refractivity contribution in [1.29, 1.82) is 0 Å². The Balaban J connectivity index is 1.60. The van der Waals surface area contributed by atoms with Crippen molar-refractivity contribution < 1.29 is 27.5 Å². The van der Waals surface area contributed by atoms with Crippen LogP contribution in [0.4, 0.5) is 8.78 Å². The van der Waals surface area contributed by atoms with E-state index >= 15 is 0 Å². The molecular weight excluding hydrogens is 334 g/mol. The zero-order chi connectivity index (χ0) is 17.8. The Morgan fingerprint density at radius 3 is 2.80 bits per heavy atom. The van der Waals surface area contributed by atoms with E-state index in [-0.39, 0.29) is 5.76 Å². The lowest BCUT2D eigenvalue weighted by molar-refractivity contribution is 0.0441. The number of aromatic nitrogens is 2.